The lowest BCUT2D eigenvalue weighted by Gasteiger charge is -2.22. The van der Waals surface area contributed by atoms with Crippen LogP contribution in [0.4, 0.5) is 9.52 Å². The minimum absolute atomic E-state index is 0.0875. The number of carbonyl (C=O) groups excluding carboxylic acids is 2. The van der Waals surface area contributed by atoms with Gasteiger partial charge in [-0.15, -0.1) is 0 Å². The fraction of sp³-hybridized carbons (Fsp3) is 0.185. The molecule has 10 heteroatoms. The van der Waals surface area contributed by atoms with Gasteiger partial charge in [0.2, 0.25) is 0 Å². The molecule has 37 heavy (non-hydrogen) atoms. The van der Waals surface area contributed by atoms with E-state index in [1.54, 1.807) is 36.4 Å². The first-order valence-electron chi connectivity index (χ1n) is 11.4. The summed E-state index contributed by atoms with van der Waals surface area (Å²) in [4.78, 5) is 36.3. The zero-order chi connectivity index (χ0) is 26.3. The minimum atomic E-state index is -0.972. The summed E-state index contributed by atoms with van der Waals surface area (Å²) in [5, 5.41) is 11.3. The van der Waals surface area contributed by atoms with E-state index in [0.717, 1.165) is 11.3 Å². The molecule has 1 fully saturated rings. The summed E-state index contributed by atoms with van der Waals surface area (Å²) >= 11 is 6.96. The van der Waals surface area contributed by atoms with E-state index in [4.69, 9.17) is 16.3 Å². The zero-order valence-corrected chi connectivity index (χ0v) is 21.4. The van der Waals surface area contributed by atoms with Gasteiger partial charge in [-0.2, -0.15) is 0 Å². The van der Waals surface area contributed by atoms with Crippen LogP contribution in [0.2, 0.25) is 5.02 Å². The third-order valence-electron chi connectivity index (χ3n) is 5.80. The lowest BCUT2D eigenvalue weighted by molar-refractivity contribution is -0.132. The standard InChI is InChI=1S/C27H21ClFN3O4S/c1-14(2)13-36-17-5-3-16(4-6-17)24(33)22-23(15-7-9-30-10-8-15)32(26(35)25(22)34)27-31-20-11-18(28)19(29)12-21(20)37-27/h3-12,14,23,33H,13H2,1-2H3/b24-22+. The van der Waals surface area contributed by atoms with Crippen LogP contribution in [0.5, 0.6) is 5.75 Å². The quantitative estimate of drug-likeness (QED) is 0.180. The maximum absolute atomic E-state index is 14.0. The monoisotopic (exact) mass is 537 g/mol. The second-order valence-electron chi connectivity index (χ2n) is 8.91. The SMILES string of the molecule is CC(C)COc1ccc(/C(O)=C2\C(=O)C(=O)N(c3nc4cc(Cl)c(F)cc4s3)C2c2ccncc2)cc1. The third-order valence-corrected chi connectivity index (χ3v) is 7.11. The van der Waals surface area contributed by atoms with Crippen molar-refractivity contribution in [3.05, 3.63) is 88.5 Å². The van der Waals surface area contributed by atoms with E-state index < -0.39 is 23.5 Å². The molecule has 1 aliphatic rings. The number of carbonyl (C=O) groups is 2. The van der Waals surface area contributed by atoms with Gasteiger partial charge in [-0.3, -0.25) is 19.5 Å². The summed E-state index contributed by atoms with van der Waals surface area (Å²) in [5.74, 6) is -1.68. The summed E-state index contributed by atoms with van der Waals surface area (Å²) in [6.45, 7) is 4.61. The van der Waals surface area contributed by atoms with Gasteiger partial charge in [0.15, 0.2) is 5.13 Å². The molecule has 3 heterocycles. The maximum atomic E-state index is 14.0. The Morgan fingerprint density at radius 2 is 1.86 bits per heavy atom. The molecule has 188 valence electrons. The normalized spacial score (nSPS) is 17.2. The number of anilines is 1. The highest BCUT2D eigenvalue weighted by Crippen LogP contribution is 2.44. The van der Waals surface area contributed by atoms with Crippen LogP contribution in [-0.2, 0) is 9.59 Å². The fourth-order valence-corrected chi connectivity index (χ4v) is 5.19. The largest absolute Gasteiger partial charge is 0.507 e. The van der Waals surface area contributed by atoms with Crippen molar-refractivity contribution in [2.75, 3.05) is 11.5 Å². The molecule has 1 unspecified atom stereocenters. The van der Waals surface area contributed by atoms with Crippen molar-refractivity contribution < 1.29 is 23.8 Å². The first-order valence-corrected chi connectivity index (χ1v) is 12.6. The molecule has 0 bridgehead atoms. The number of aliphatic hydroxyl groups excluding tert-OH is 1. The number of hydrogen-bond donors (Lipinski definition) is 1. The Balaban J connectivity index is 1.62. The highest BCUT2D eigenvalue weighted by Gasteiger charge is 2.48. The van der Waals surface area contributed by atoms with Crippen LogP contribution >= 0.6 is 22.9 Å². The first-order chi connectivity index (χ1) is 17.7. The van der Waals surface area contributed by atoms with Gasteiger partial charge < -0.3 is 9.84 Å². The molecule has 4 aromatic rings. The summed E-state index contributed by atoms with van der Waals surface area (Å²) in [6.07, 6.45) is 3.06. The number of thiazole rings is 1. The number of ether oxygens (including phenoxy) is 1. The number of aromatic nitrogens is 2. The van der Waals surface area contributed by atoms with Crippen molar-refractivity contribution in [3.8, 4) is 5.75 Å². The van der Waals surface area contributed by atoms with E-state index in [9.17, 15) is 19.1 Å². The van der Waals surface area contributed by atoms with Gasteiger partial charge in [0.25, 0.3) is 5.78 Å². The maximum Gasteiger partial charge on any atom is 0.301 e. The minimum Gasteiger partial charge on any atom is -0.507 e. The van der Waals surface area contributed by atoms with Gasteiger partial charge in [0, 0.05) is 18.0 Å². The van der Waals surface area contributed by atoms with E-state index in [0.29, 0.717) is 39.6 Å². The predicted molar refractivity (Wildman–Crippen MR) is 140 cm³/mol. The van der Waals surface area contributed by atoms with E-state index in [-0.39, 0.29) is 21.5 Å². The molecule has 1 amide bonds. The Bertz CT molecular complexity index is 1500. The molecule has 7 nitrogen and oxygen atoms in total. The molecule has 1 N–H and O–H groups in total. The smallest absolute Gasteiger partial charge is 0.301 e. The van der Waals surface area contributed by atoms with Crippen LogP contribution in [0.1, 0.15) is 31.0 Å². The Morgan fingerprint density at radius 3 is 2.54 bits per heavy atom. The van der Waals surface area contributed by atoms with Crippen molar-refractivity contribution in [2.45, 2.75) is 19.9 Å². The average Bonchev–Trinajstić information content (AvgIpc) is 3.40. The van der Waals surface area contributed by atoms with Gasteiger partial charge in [-0.25, -0.2) is 9.37 Å². The second kappa shape index (κ2) is 9.91. The van der Waals surface area contributed by atoms with Crippen LogP contribution in [0, 0.1) is 11.7 Å². The van der Waals surface area contributed by atoms with Crippen LogP contribution in [0.3, 0.4) is 0 Å². The summed E-state index contributed by atoms with van der Waals surface area (Å²) in [6, 6.07) is 11.6. The molecular weight excluding hydrogens is 517 g/mol. The summed E-state index contributed by atoms with van der Waals surface area (Å²) in [7, 11) is 0. The van der Waals surface area contributed by atoms with Gasteiger partial charge in [-0.05, 0) is 60.0 Å². The number of aliphatic hydroxyl groups is 1. The molecule has 0 spiro atoms. The van der Waals surface area contributed by atoms with Gasteiger partial charge in [0.05, 0.1) is 33.5 Å². The number of Topliss-reactive ketones (excluding diaryl/α,β-unsaturated/α-hetero) is 1. The lowest BCUT2D eigenvalue weighted by Crippen LogP contribution is -2.29. The van der Waals surface area contributed by atoms with E-state index in [2.05, 4.69) is 9.97 Å². The number of fused-ring (bicyclic) bond motifs is 1. The number of hydrogen-bond acceptors (Lipinski definition) is 7. The topological polar surface area (TPSA) is 92.6 Å². The highest BCUT2D eigenvalue weighted by molar-refractivity contribution is 7.22. The van der Waals surface area contributed by atoms with E-state index in [1.807, 2.05) is 13.8 Å². The lowest BCUT2D eigenvalue weighted by atomic mass is 9.96. The Hall–Kier alpha value is -3.82. The molecule has 1 atom stereocenters. The van der Waals surface area contributed by atoms with Crippen LogP contribution in [0.15, 0.2) is 66.5 Å². The number of amides is 1. The second-order valence-corrected chi connectivity index (χ2v) is 10.3. The zero-order valence-electron chi connectivity index (χ0n) is 19.8. The number of halogens is 2. The fourth-order valence-electron chi connectivity index (χ4n) is 4.03. The van der Waals surface area contributed by atoms with Gasteiger partial charge in [0.1, 0.15) is 17.3 Å². The number of rotatable bonds is 6. The van der Waals surface area contributed by atoms with Crippen LogP contribution in [-0.4, -0.2) is 33.4 Å². The van der Waals surface area contributed by atoms with Crippen LogP contribution in [0.25, 0.3) is 16.0 Å². The van der Waals surface area contributed by atoms with Gasteiger partial charge in [-0.1, -0.05) is 36.8 Å². The number of ketones is 1. The summed E-state index contributed by atoms with van der Waals surface area (Å²) < 4.78 is 20.2. The third kappa shape index (κ3) is 4.68. The number of nitrogens with zero attached hydrogens (tertiary/aromatic N) is 3. The average molecular weight is 538 g/mol. The molecule has 0 radical (unpaired) electrons. The number of benzene rings is 2. The van der Waals surface area contributed by atoms with Crippen molar-refractivity contribution in [3.63, 3.8) is 0 Å². The van der Waals surface area contributed by atoms with E-state index >= 15 is 0 Å². The molecule has 0 aliphatic carbocycles. The van der Waals surface area contributed by atoms with Crippen molar-refractivity contribution >= 4 is 55.7 Å². The van der Waals surface area contributed by atoms with Crippen molar-refractivity contribution in [2.24, 2.45) is 5.92 Å². The first kappa shape index (κ1) is 24.9. The Morgan fingerprint density at radius 1 is 1.16 bits per heavy atom. The van der Waals surface area contributed by atoms with Crippen LogP contribution < -0.4 is 9.64 Å². The van der Waals surface area contributed by atoms with E-state index in [1.165, 1.54) is 29.4 Å². The molecule has 1 saturated heterocycles. The Labute approximate surface area is 220 Å². The molecule has 5 rings (SSSR count). The number of pyridine rings is 1. The van der Waals surface area contributed by atoms with Crippen molar-refractivity contribution in [1.29, 1.82) is 0 Å². The molecule has 0 saturated carbocycles. The Kier molecular flexibility index (Phi) is 6.66. The van der Waals surface area contributed by atoms with Crippen molar-refractivity contribution in [1.82, 2.24) is 9.97 Å². The molecular formula is C27H21ClFN3O4S. The summed E-state index contributed by atoms with van der Waals surface area (Å²) in [5.41, 5.74) is 1.21. The van der Waals surface area contributed by atoms with Gasteiger partial charge >= 0.3 is 5.91 Å². The predicted octanol–water partition coefficient (Wildman–Crippen LogP) is 6.14. The molecule has 2 aromatic heterocycles. The molecule has 1 aliphatic heterocycles. The molecule has 2 aromatic carbocycles. The highest BCUT2D eigenvalue weighted by atomic mass is 35.5.